The summed E-state index contributed by atoms with van der Waals surface area (Å²) in [5, 5.41) is 0. The molecule has 0 bridgehead atoms. The first kappa shape index (κ1) is 38.5. The SMILES string of the molecule is COc1ccc(CO[C@@H]2[C@H](O[C@@H]([C@@H]3OC(C)(C)O[C@H]3C(OC)OC)[C@H]3COC(C)(C)O3)O[C@H](COCc3ccccc3)[C@@H]3OC(C)(C)O[C@H]23)cc1. The zero-order valence-corrected chi connectivity index (χ0v) is 31.1. The van der Waals surface area contributed by atoms with E-state index in [-0.39, 0.29) is 19.8 Å². The van der Waals surface area contributed by atoms with E-state index in [9.17, 15) is 0 Å². The minimum atomic E-state index is -0.985. The maximum Gasteiger partial charge on any atom is 0.187 e. The van der Waals surface area contributed by atoms with Gasteiger partial charge in [0.1, 0.15) is 54.6 Å². The molecule has 9 atom stereocenters. The van der Waals surface area contributed by atoms with E-state index in [1.165, 1.54) is 0 Å². The van der Waals surface area contributed by atoms with Gasteiger partial charge in [-0.2, -0.15) is 0 Å². The molecule has 4 fully saturated rings. The van der Waals surface area contributed by atoms with Crippen molar-refractivity contribution >= 4 is 0 Å². The van der Waals surface area contributed by atoms with Crippen LogP contribution in [0.5, 0.6) is 5.75 Å². The van der Waals surface area contributed by atoms with Crippen LogP contribution in [0.4, 0.5) is 0 Å². The molecule has 4 heterocycles. The molecule has 13 nitrogen and oxygen atoms in total. The van der Waals surface area contributed by atoms with E-state index in [2.05, 4.69) is 0 Å². The Morgan fingerprint density at radius 1 is 0.706 bits per heavy atom. The van der Waals surface area contributed by atoms with E-state index >= 15 is 0 Å². The highest BCUT2D eigenvalue weighted by Crippen LogP contribution is 2.43. The fourth-order valence-electron chi connectivity index (χ4n) is 7.09. The molecular formula is C38H54O13. The van der Waals surface area contributed by atoms with Crippen LogP contribution in [0.15, 0.2) is 54.6 Å². The van der Waals surface area contributed by atoms with Crippen molar-refractivity contribution in [2.45, 2.75) is 134 Å². The predicted octanol–water partition coefficient (Wildman–Crippen LogP) is 4.72. The average molecular weight is 719 g/mol. The Morgan fingerprint density at radius 3 is 2.00 bits per heavy atom. The summed E-state index contributed by atoms with van der Waals surface area (Å²) >= 11 is 0. The number of methoxy groups -OCH3 is 3. The molecule has 4 saturated heterocycles. The van der Waals surface area contributed by atoms with Crippen molar-refractivity contribution in [3.05, 3.63) is 65.7 Å². The van der Waals surface area contributed by atoms with E-state index in [1.54, 1.807) is 21.3 Å². The van der Waals surface area contributed by atoms with Gasteiger partial charge in [-0.25, -0.2) is 0 Å². The molecule has 6 rings (SSSR count). The van der Waals surface area contributed by atoms with Crippen molar-refractivity contribution in [2.75, 3.05) is 34.5 Å². The van der Waals surface area contributed by atoms with Gasteiger partial charge in [0.15, 0.2) is 29.9 Å². The molecule has 0 aromatic heterocycles. The van der Waals surface area contributed by atoms with Gasteiger partial charge in [0.2, 0.25) is 0 Å². The van der Waals surface area contributed by atoms with Crippen LogP contribution in [0.25, 0.3) is 0 Å². The zero-order valence-electron chi connectivity index (χ0n) is 31.1. The van der Waals surface area contributed by atoms with Crippen LogP contribution >= 0.6 is 0 Å². The Bertz CT molecular complexity index is 1380. The number of hydrogen-bond donors (Lipinski definition) is 0. The molecule has 4 aliphatic heterocycles. The Labute approximate surface area is 300 Å². The first-order valence-corrected chi connectivity index (χ1v) is 17.6. The lowest BCUT2D eigenvalue weighted by atomic mass is 9.98. The first-order valence-electron chi connectivity index (χ1n) is 17.6. The summed E-state index contributed by atoms with van der Waals surface area (Å²) in [5.41, 5.74) is 1.97. The summed E-state index contributed by atoms with van der Waals surface area (Å²) in [6.07, 6.45) is -6.90. The van der Waals surface area contributed by atoms with Crippen LogP contribution < -0.4 is 4.74 Å². The largest absolute Gasteiger partial charge is 0.497 e. The highest BCUT2D eigenvalue weighted by atomic mass is 16.8. The van der Waals surface area contributed by atoms with Crippen LogP contribution in [0.3, 0.4) is 0 Å². The Hall–Kier alpha value is -2.24. The second-order valence-corrected chi connectivity index (χ2v) is 14.6. The Morgan fingerprint density at radius 2 is 1.35 bits per heavy atom. The summed E-state index contributed by atoms with van der Waals surface area (Å²) in [6, 6.07) is 17.6. The molecule has 0 spiro atoms. The lowest BCUT2D eigenvalue weighted by Crippen LogP contribution is -2.61. The molecule has 0 saturated carbocycles. The third kappa shape index (κ3) is 9.29. The number of hydrogen-bond acceptors (Lipinski definition) is 13. The van der Waals surface area contributed by atoms with Crippen molar-refractivity contribution in [3.8, 4) is 5.75 Å². The molecular weight excluding hydrogens is 664 g/mol. The normalized spacial score (nSPS) is 33.0. The van der Waals surface area contributed by atoms with Crippen molar-refractivity contribution in [3.63, 3.8) is 0 Å². The number of fused-ring (bicyclic) bond motifs is 1. The lowest BCUT2D eigenvalue weighted by Gasteiger charge is -2.44. The van der Waals surface area contributed by atoms with Gasteiger partial charge in [0.25, 0.3) is 0 Å². The second kappa shape index (κ2) is 16.0. The van der Waals surface area contributed by atoms with Gasteiger partial charge >= 0.3 is 0 Å². The quantitative estimate of drug-likeness (QED) is 0.237. The fraction of sp³-hybridized carbons (Fsp3) is 0.684. The van der Waals surface area contributed by atoms with Crippen LogP contribution in [-0.4, -0.2) is 113 Å². The van der Waals surface area contributed by atoms with Gasteiger partial charge < -0.3 is 61.6 Å². The minimum Gasteiger partial charge on any atom is -0.497 e. The smallest absolute Gasteiger partial charge is 0.187 e. The van der Waals surface area contributed by atoms with E-state index < -0.39 is 78.8 Å². The molecule has 0 unspecified atom stereocenters. The summed E-state index contributed by atoms with van der Waals surface area (Å²) in [7, 11) is 4.75. The van der Waals surface area contributed by atoms with E-state index in [4.69, 9.17) is 61.6 Å². The second-order valence-electron chi connectivity index (χ2n) is 14.6. The number of benzene rings is 2. The molecule has 13 heteroatoms. The van der Waals surface area contributed by atoms with Crippen molar-refractivity contribution < 1.29 is 61.6 Å². The minimum absolute atomic E-state index is 0.218. The molecule has 51 heavy (non-hydrogen) atoms. The standard InChI is InChI=1S/C38H54O13/c1-36(2)44-22-27(47-36)28(30-33(34(40-8)41-9)51-38(5,6)49-30)46-35-32(43-20-24-15-17-25(39-7)18-16-24)31-29(48-37(3,4)50-31)26(45-35)21-42-19-23-13-11-10-12-14-23/h10-18,26-35H,19-22H2,1-9H3/t26-,27-,28-,29+,30+,31+,32+,33-,35+/m1/s1. The van der Waals surface area contributed by atoms with Crippen molar-refractivity contribution in [1.29, 1.82) is 0 Å². The van der Waals surface area contributed by atoms with E-state index in [0.29, 0.717) is 6.61 Å². The van der Waals surface area contributed by atoms with Crippen LogP contribution in [0.1, 0.15) is 52.7 Å². The third-order valence-electron chi connectivity index (χ3n) is 9.33. The summed E-state index contributed by atoms with van der Waals surface area (Å²) < 4.78 is 81.9. The lowest BCUT2D eigenvalue weighted by molar-refractivity contribution is -0.325. The van der Waals surface area contributed by atoms with Gasteiger partial charge in [-0.05, 0) is 64.8 Å². The predicted molar refractivity (Wildman–Crippen MR) is 182 cm³/mol. The summed E-state index contributed by atoms with van der Waals surface area (Å²) in [6.45, 7) is 12.3. The maximum atomic E-state index is 7.04. The van der Waals surface area contributed by atoms with Crippen LogP contribution in [-0.2, 0) is 70.1 Å². The van der Waals surface area contributed by atoms with Crippen molar-refractivity contribution in [2.24, 2.45) is 0 Å². The topological polar surface area (TPSA) is 120 Å². The van der Waals surface area contributed by atoms with E-state index in [0.717, 1.165) is 16.9 Å². The molecule has 0 amide bonds. The average Bonchev–Trinajstić information content (AvgIpc) is 3.74. The highest BCUT2D eigenvalue weighted by molar-refractivity contribution is 5.26. The molecule has 0 N–H and O–H groups in total. The third-order valence-corrected chi connectivity index (χ3v) is 9.33. The summed E-state index contributed by atoms with van der Waals surface area (Å²) in [5.74, 6) is -2.01. The van der Waals surface area contributed by atoms with Gasteiger partial charge in [0.05, 0.1) is 33.5 Å². The molecule has 2 aromatic carbocycles. The molecule has 284 valence electrons. The number of rotatable bonds is 15. The Balaban J connectivity index is 1.32. The van der Waals surface area contributed by atoms with Gasteiger partial charge in [-0.1, -0.05) is 42.5 Å². The zero-order chi connectivity index (χ0) is 36.4. The molecule has 0 radical (unpaired) electrons. The number of ether oxygens (including phenoxy) is 13. The van der Waals surface area contributed by atoms with Crippen LogP contribution in [0, 0.1) is 0 Å². The monoisotopic (exact) mass is 718 g/mol. The van der Waals surface area contributed by atoms with Crippen molar-refractivity contribution in [1.82, 2.24) is 0 Å². The molecule has 0 aliphatic carbocycles. The molecule has 2 aromatic rings. The maximum absolute atomic E-state index is 7.04. The summed E-state index contributed by atoms with van der Waals surface area (Å²) in [4.78, 5) is 0. The highest BCUT2D eigenvalue weighted by Gasteiger charge is 2.59. The Kier molecular flexibility index (Phi) is 12.1. The fourth-order valence-corrected chi connectivity index (χ4v) is 7.09. The van der Waals surface area contributed by atoms with Crippen LogP contribution in [0.2, 0.25) is 0 Å². The van der Waals surface area contributed by atoms with Gasteiger partial charge in [0, 0.05) is 14.2 Å². The van der Waals surface area contributed by atoms with E-state index in [1.807, 2.05) is 96.1 Å². The van der Waals surface area contributed by atoms with Gasteiger partial charge in [-0.15, -0.1) is 0 Å². The molecule has 4 aliphatic rings. The van der Waals surface area contributed by atoms with Gasteiger partial charge in [-0.3, -0.25) is 0 Å². The first-order chi connectivity index (χ1) is 24.3.